The van der Waals surface area contributed by atoms with E-state index in [4.69, 9.17) is 11.6 Å². The zero-order valence-corrected chi connectivity index (χ0v) is 18.1. The van der Waals surface area contributed by atoms with Crippen LogP contribution in [0.15, 0.2) is 55.0 Å². The lowest BCUT2D eigenvalue weighted by molar-refractivity contribution is -0.670. The molecule has 2 aromatic carbocycles. The highest BCUT2D eigenvalue weighted by Crippen LogP contribution is 2.30. The second-order valence-corrected chi connectivity index (χ2v) is 8.44. The van der Waals surface area contributed by atoms with Crippen LogP contribution in [0.25, 0.3) is 11.1 Å². The summed E-state index contributed by atoms with van der Waals surface area (Å²) < 4.78 is 1.75. The Bertz CT molecular complexity index is 1240. The first-order valence-electron chi connectivity index (χ1n) is 10.3. The fourth-order valence-corrected chi connectivity index (χ4v) is 4.32. The SMILES string of the molecule is C[n+]1c[nH]c(C(=O)N2CCN3C(=O)c4cc(-c5ccc(Cl)cc5)ccc4NC(=O)C3C2)c1. The van der Waals surface area contributed by atoms with Crippen LogP contribution >= 0.6 is 11.6 Å². The summed E-state index contributed by atoms with van der Waals surface area (Å²) in [5.41, 5.74) is 3.13. The number of anilines is 1. The average Bonchev–Trinajstić information content (AvgIpc) is 3.20. The molecule has 0 radical (unpaired) electrons. The number of carbonyl (C=O) groups is 3. The lowest BCUT2D eigenvalue weighted by atomic mass is 10.0. The fraction of sp³-hybridized carbons (Fsp3) is 0.217. The normalized spacial score (nSPS) is 18.0. The average molecular weight is 451 g/mol. The Balaban J connectivity index is 1.43. The molecule has 0 saturated carbocycles. The quantitative estimate of drug-likeness (QED) is 0.586. The maximum atomic E-state index is 13.4. The molecular formula is C23H21ClN5O3+. The van der Waals surface area contributed by atoms with Crippen LogP contribution in [-0.2, 0) is 11.8 Å². The molecule has 0 aliphatic carbocycles. The summed E-state index contributed by atoms with van der Waals surface area (Å²) >= 11 is 5.99. The number of carbonyl (C=O) groups excluding carboxylic acids is 3. The summed E-state index contributed by atoms with van der Waals surface area (Å²) in [6.45, 7) is 0.764. The van der Waals surface area contributed by atoms with Crippen molar-refractivity contribution in [2.45, 2.75) is 6.04 Å². The van der Waals surface area contributed by atoms with E-state index in [1.165, 1.54) is 0 Å². The predicted octanol–water partition coefficient (Wildman–Crippen LogP) is 2.08. The van der Waals surface area contributed by atoms with Crippen LogP contribution in [0, 0.1) is 0 Å². The largest absolute Gasteiger partial charge is 0.331 e. The third-order valence-electron chi connectivity index (χ3n) is 5.90. The number of benzene rings is 2. The number of nitrogens with zero attached hydrogens (tertiary/aromatic N) is 3. The van der Waals surface area contributed by atoms with Gasteiger partial charge in [0.1, 0.15) is 12.2 Å². The van der Waals surface area contributed by atoms with E-state index in [9.17, 15) is 14.4 Å². The van der Waals surface area contributed by atoms with Crippen LogP contribution in [0.5, 0.6) is 0 Å². The molecule has 0 spiro atoms. The number of aromatic nitrogens is 2. The van der Waals surface area contributed by atoms with Crippen LogP contribution in [-0.4, -0.2) is 58.2 Å². The molecule has 162 valence electrons. The summed E-state index contributed by atoms with van der Waals surface area (Å²) in [7, 11) is 1.82. The van der Waals surface area contributed by atoms with Gasteiger partial charge in [-0.05, 0) is 35.4 Å². The van der Waals surface area contributed by atoms with Crippen LogP contribution in [0.2, 0.25) is 5.02 Å². The predicted molar refractivity (Wildman–Crippen MR) is 118 cm³/mol. The standard InChI is InChI=1S/C23H20ClN5O3/c1-27-11-19(25-13-27)23(32)28-8-9-29-20(12-28)21(30)26-18-7-4-15(10-17(18)22(29)31)14-2-5-16(24)6-3-14/h2-7,10-11,13,20H,8-9,12H2,1H3,(H,26,30,31)/p+1. The van der Waals surface area contributed by atoms with Crippen LogP contribution in [0.1, 0.15) is 20.8 Å². The Hall–Kier alpha value is -3.65. The topological polar surface area (TPSA) is 89.4 Å². The van der Waals surface area contributed by atoms with Gasteiger partial charge in [-0.1, -0.05) is 29.8 Å². The number of aryl methyl sites for hydroxylation is 1. The van der Waals surface area contributed by atoms with Gasteiger partial charge in [0, 0.05) is 18.1 Å². The number of nitrogens with one attached hydrogen (secondary N) is 2. The highest BCUT2D eigenvalue weighted by atomic mass is 35.5. The van der Waals surface area contributed by atoms with E-state index in [2.05, 4.69) is 10.3 Å². The minimum atomic E-state index is -0.754. The molecule has 1 saturated heterocycles. The van der Waals surface area contributed by atoms with Gasteiger partial charge in [0.15, 0.2) is 0 Å². The molecular weight excluding hydrogens is 430 g/mol. The molecule has 1 fully saturated rings. The molecule has 1 unspecified atom stereocenters. The van der Waals surface area contributed by atoms with Crippen molar-refractivity contribution in [1.82, 2.24) is 14.8 Å². The molecule has 0 bridgehead atoms. The first-order valence-corrected chi connectivity index (χ1v) is 10.6. The first kappa shape index (κ1) is 20.3. The third kappa shape index (κ3) is 3.52. The maximum absolute atomic E-state index is 13.4. The van der Waals surface area contributed by atoms with Crippen LogP contribution in [0.3, 0.4) is 0 Å². The van der Waals surface area contributed by atoms with Crippen molar-refractivity contribution in [1.29, 1.82) is 0 Å². The second kappa shape index (κ2) is 7.80. The van der Waals surface area contributed by atoms with E-state index in [0.717, 1.165) is 11.1 Å². The van der Waals surface area contributed by atoms with E-state index >= 15 is 0 Å². The Labute approximate surface area is 189 Å². The summed E-state index contributed by atoms with van der Waals surface area (Å²) in [6.07, 6.45) is 3.38. The van der Waals surface area contributed by atoms with Crippen molar-refractivity contribution >= 4 is 35.0 Å². The van der Waals surface area contributed by atoms with Crippen molar-refractivity contribution in [3.05, 3.63) is 71.3 Å². The van der Waals surface area contributed by atoms with E-state index in [0.29, 0.717) is 28.5 Å². The van der Waals surface area contributed by atoms with Crippen LogP contribution in [0.4, 0.5) is 5.69 Å². The zero-order valence-electron chi connectivity index (χ0n) is 17.3. The van der Waals surface area contributed by atoms with Gasteiger partial charge in [-0.3, -0.25) is 14.4 Å². The molecule has 2 N–H and O–H groups in total. The van der Waals surface area contributed by atoms with Gasteiger partial charge >= 0.3 is 0 Å². The molecule has 9 heteroatoms. The lowest BCUT2D eigenvalue weighted by Crippen LogP contribution is -2.59. The number of rotatable bonds is 2. The summed E-state index contributed by atoms with van der Waals surface area (Å²) in [5, 5.41) is 3.51. The molecule has 2 aliphatic heterocycles. The third-order valence-corrected chi connectivity index (χ3v) is 6.16. The Morgan fingerprint density at radius 2 is 1.84 bits per heavy atom. The molecule has 3 aromatic rings. The van der Waals surface area contributed by atoms with Crippen molar-refractivity contribution in [3.8, 4) is 11.1 Å². The Kier molecular flexibility index (Phi) is 4.94. The molecule has 2 aliphatic rings. The summed E-state index contributed by atoms with van der Waals surface area (Å²) in [4.78, 5) is 45.3. The molecule has 1 atom stereocenters. The highest BCUT2D eigenvalue weighted by Gasteiger charge is 2.41. The van der Waals surface area contributed by atoms with Gasteiger partial charge in [-0.15, -0.1) is 0 Å². The van der Waals surface area contributed by atoms with Crippen molar-refractivity contribution < 1.29 is 19.0 Å². The molecule has 5 rings (SSSR count). The fourth-order valence-electron chi connectivity index (χ4n) is 4.19. The minimum Gasteiger partial charge on any atom is -0.331 e. The van der Waals surface area contributed by atoms with Crippen molar-refractivity contribution in [3.63, 3.8) is 0 Å². The van der Waals surface area contributed by atoms with Gasteiger partial charge < -0.3 is 15.1 Å². The van der Waals surface area contributed by atoms with Gasteiger partial charge in [-0.25, -0.2) is 9.55 Å². The van der Waals surface area contributed by atoms with Gasteiger partial charge in [0.05, 0.1) is 24.8 Å². The number of hydrogen-bond acceptors (Lipinski definition) is 3. The van der Waals surface area contributed by atoms with Crippen molar-refractivity contribution in [2.24, 2.45) is 7.05 Å². The second-order valence-electron chi connectivity index (χ2n) is 8.00. The highest BCUT2D eigenvalue weighted by molar-refractivity contribution is 6.30. The Morgan fingerprint density at radius 3 is 2.56 bits per heavy atom. The number of hydrogen-bond donors (Lipinski definition) is 2. The molecule has 8 nitrogen and oxygen atoms in total. The number of piperazine rings is 1. The number of fused-ring (bicyclic) bond motifs is 2. The lowest BCUT2D eigenvalue weighted by Gasteiger charge is -2.38. The molecule has 3 amide bonds. The minimum absolute atomic E-state index is 0.136. The number of imidazole rings is 1. The maximum Gasteiger partial charge on any atom is 0.297 e. The Morgan fingerprint density at radius 1 is 1.09 bits per heavy atom. The van der Waals surface area contributed by atoms with E-state index in [1.807, 2.05) is 25.2 Å². The van der Waals surface area contributed by atoms with Crippen molar-refractivity contribution in [2.75, 3.05) is 25.0 Å². The zero-order chi connectivity index (χ0) is 22.4. The first-order chi connectivity index (χ1) is 15.4. The molecule has 32 heavy (non-hydrogen) atoms. The molecule has 1 aromatic heterocycles. The van der Waals surface area contributed by atoms with Gasteiger partial charge in [0.25, 0.3) is 11.8 Å². The van der Waals surface area contributed by atoms with E-state index < -0.39 is 6.04 Å². The number of H-pyrrole nitrogens is 1. The summed E-state index contributed by atoms with van der Waals surface area (Å²) in [5.74, 6) is -0.722. The van der Waals surface area contributed by atoms with Gasteiger partial charge in [0.2, 0.25) is 17.9 Å². The number of amides is 3. The number of aromatic amines is 1. The summed E-state index contributed by atoms with van der Waals surface area (Å²) in [6, 6.07) is 12.0. The smallest absolute Gasteiger partial charge is 0.297 e. The van der Waals surface area contributed by atoms with E-state index in [-0.39, 0.29) is 30.8 Å². The molecule has 3 heterocycles. The monoisotopic (exact) mass is 450 g/mol. The van der Waals surface area contributed by atoms with Crippen LogP contribution < -0.4 is 9.88 Å². The van der Waals surface area contributed by atoms with E-state index in [1.54, 1.807) is 51.2 Å². The van der Waals surface area contributed by atoms with Gasteiger partial charge in [-0.2, -0.15) is 0 Å². The number of halogens is 1.